The number of benzene rings is 1. The van der Waals surface area contributed by atoms with Gasteiger partial charge in [0.15, 0.2) is 0 Å². The van der Waals surface area contributed by atoms with E-state index in [9.17, 15) is 0 Å². The second-order valence-electron chi connectivity index (χ2n) is 3.81. The third kappa shape index (κ3) is 3.23. The molecule has 1 aromatic carbocycles. The Morgan fingerprint density at radius 3 is 2.71 bits per heavy atom. The summed E-state index contributed by atoms with van der Waals surface area (Å²) in [5, 5.41) is 6.91. The molecule has 0 radical (unpaired) electrons. The summed E-state index contributed by atoms with van der Waals surface area (Å²) in [4.78, 5) is 1.18. The standard InChI is InChI=1S/C13H13Cl2NS/c1-16-12(13-11(15)5-6-17-13)8-9-3-2-4-10(14)7-9/h2-7,12,16H,8H2,1H3. The molecule has 1 atom stereocenters. The molecule has 0 amide bonds. The summed E-state index contributed by atoms with van der Waals surface area (Å²) in [7, 11) is 1.95. The molecule has 2 rings (SSSR count). The molecule has 0 aliphatic rings. The van der Waals surface area contributed by atoms with Crippen LogP contribution in [0.3, 0.4) is 0 Å². The van der Waals surface area contributed by atoms with E-state index in [0.29, 0.717) is 0 Å². The van der Waals surface area contributed by atoms with Crippen LogP contribution in [0.25, 0.3) is 0 Å². The first-order valence-electron chi connectivity index (χ1n) is 5.35. The number of rotatable bonds is 4. The molecule has 0 aliphatic carbocycles. The van der Waals surface area contributed by atoms with Crippen LogP contribution in [-0.2, 0) is 6.42 Å². The number of hydrogen-bond acceptors (Lipinski definition) is 2. The number of nitrogens with one attached hydrogen (secondary N) is 1. The Balaban J connectivity index is 2.19. The third-order valence-corrected chi connectivity index (χ3v) is 4.35. The molecule has 0 saturated carbocycles. The fourth-order valence-corrected chi connectivity index (χ4v) is 3.29. The van der Waals surface area contributed by atoms with E-state index in [-0.39, 0.29) is 6.04 Å². The van der Waals surface area contributed by atoms with Crippen molar-refractivity contribution in [2.45, 2.75) is 12.5 Å². The van der Waals surface area contributed by atoms with Crippen molar-refractivity contribution >= 4 is 34.5 Å². The van der Waals surface area contributed by atoms with Crippen molar-refractivity contribution in [1.29, 1.82) is 0 Å². The maximum Gasteiger partial charge on any atom is 0.0561 e. The Morgan fingerprint density at radius 1 is 1.29 bits per heavy atom. The van der Waals surface area contributed by atoms with Gasteiger partial charge >= 0.3 is 0 Å². The number of likely N-dealkylation sites (N-methyl/N-ethyl adjacent to an activating group) is 1. The zero-order valence-electron chi connectivity index (χ0n) is 9.41. The lowest BCUT2D eigenvalue weighted by atomic mass is 10.0. The first kappa shape index (κ1) is 12.9. The molecular formula is C13H13Cl2NS. The van der Waals surface area contributed by atoms with Crippen molar-refractivity contribution in [1.82, 2.24) is 5.32 Å². The van der Waals surface area contributed by atoms with E-state index in [1.54, 1.807) is 11.3 Å². The highest BCUT2D eigenvalue weighted by Crippen LogP contribution is 2.30. The van der Waals surface area contributed by atoms with Gasteiger partial charge in [0, 0.05) is 15.9 Å². The molecule has 0 fully saturated rings. The van der Waals surface area contributed by atoms with Gasteiger partial charge in [0.1, 0.15) is 0 Å². The minimum absolute atomic E-state index is 0.237. The number of hydrogen-bond donors (Lipinski definition) is 1. The van der Waals surface area contributed by atoms with Crippen molar-refractivity contribution in [3.05, 3.63) is 56.2 Å². The molecule has 0 bridgehead atoms. The predicted octanol–water partition coefficient (Wildman–Crippen LogP) is 4.56. The average Bonchev–Trinajstić information content (AvgIpc) is 2.72. The van der Waals surface area contributed by atoms with Crippen LogP contribution in [0.1, 0.15) is 16.5 Å². The molecule has 0 aliphatic heterocycles. The zero-order chi connectivity index (χ0) is 12.3. The van der Waals surface area contributed by atoms with Gasteiger partial charge in [0.05, 0.1) is 5.02 Å². The fraction of sp³-hybridized carbons (Fsp3) is 0.231. The highest BCUT2D eigenvalue weighted by atomic mass is 35.5. The van der Waals surface area contributed by atoms with Crippen LogP contribution in [0.2, 0.25) is 10.0 Å². The van der Waals surface area contributed by atoms with Crippen molar-refractivity contribution < 1.29 is 0 Å². The van der Waals surface area contributed by atoms with Crippen LogP contribution in [0, 0.1) is 0 Å². The molecule has 1 heterocycles. The molecule has 0 saturated heterocycles. The van der Waals surface area contributed by atoms with Gasteiger partial charge in [-0.05, 0) is 42.6 Å². The van der Waals surface area contributed by atoms with E-state index < -0.39 is 0 Å². The van der Waals surface area contributed by atoms with E-state index in [0.717, 1.165) is 16.5 Å². The largest absolute Gasteiger partial charge is 0.312 e. The van der Waals surface area contributed by atoms with E-state index in [1.807, 2.05) is 36.7 Å². The molecule has 17 heavy (non-hydrogen) atoms. The molecule has 0 spiro atoms. The van der Waals surface area contributed by atoms with Crippen LogP contribution in [0.5, 0.6) is 0 Å². The summed E-state index contributed by atoms with van der Waals surface area (Å²) in [5.74, 6) is 0. The summed E-state index contributed by atoms with van der Waals surface area (Å²) in [6.45, 7) is 0. The second kappa shape index (κ2) is 5.87. The Hall–Kier alpha value is -0.540. The van der Waals surface area contributed by atoms with Crippen LogP contribution >= 0.6 is 34.5 Å². The minimum atomic E-state index is 0.237. The van der Waals surface area contributed by atoms with Crippen molar-refractivity contribution in [3.8, 4) is 0 Å². The highest BCUT2D eigenvalue weighted by molar-refractivity contribution is 7.10. The molecule has 4 heteroatoms. The number of thiophene rings is 1. The van der Waals surface area contributed by atoms with Gasteiger partial charge in [-0.2, -0.15) is 0 Å². The number of halogens is 2. The maximum absolute atomic E-state index is 6.16. The van der Waals surface area contributed by atoms with Gasteiger partial charge in [0.2, 0.25) is 0 Å². The monoisotopic (exact) mass is 285 g/mol. The summed E-state index contributed by atoms with van der Waals surface area (Å²) in [5.41, 5.74) is 1.21. The van der Waals surface area contributed by atoms with Gasteiger partial charge in [0.25, 0.3) is 0 Å². The third-order valence-electron chi connectivity index (χ3n) is 2.64. The normalized spacial score (nSPS) is 12.6. The lowest BCUT2D eigenvalue weighted by Crippen LogP contribution is -2.18. The van der Waals surface area contributed by atoms with Crippen LogP contribution < -0.4 is 5.32 Å². The summed E-state index contributed by atoms with van der Waals surface area (Å²) in [6.07, 6.45) is 0.886. The quantitative estimate of drug-likeness (QED) is 0.869. The Labute approximate surface area is 115 Å². The Morgan fingerprint density at radius 2 is 2.12 bits per heavy atom. The first-order chi connectivity index (χ1) is 8.20. The minimum Gasteiger partial charge on any atom is -0.312 e. The van der Waals surface area contributed by atoms with Gasteiger partial charge < -0.3 is 5.32 Å². The topological polar surface area (TPSA) is 12.0 Å². The van der Waals surface area contributed by atoms with Crippen LogP contribution in [0.4, 0.5) is 0 Å². The predicted molar refractivity (Wildman–Crippen MR) is 76.3 cm³/mol. The Kier molecular flexibility index (Phi) is 4.46. The molecule has 2 aromatic rings. The molecule has 1 nitrogen and oxygen atoms in total. The van der Waals surface area contributed by atoms with E-state index in [1.165, 1.54) is 10.4 Å². The highest BCUT2D eigenvalue weighted by Gasteiger charge is 2.14. The Bertz CT molecular complexity index is 496. The van der Waals surface area contributed by atoms with Gasteiger partial charge in [-0.25, -0.2) is 0 Å². The summed E-state index contributed by atoms with van der Waals surface area (Å²) in [6, 6.07) is 10.1. The zero-order valence-corrected chi connectivity index (χ0v) is 11.7. The second-order valence-corrected chi connectivity index (χ2v) is 5.60. The maximum atomic E-state index is 6.16. The van der Waals surface area contributed by atoms with Crippen molar-refractivity contribution in [2.75, 3.05) is 7.05 Å². The molecule has 90 valence electrons. The smallest absolute Gasteiger partial charge is 0.0561 e. The fourth-order valence-electron chi connectivity index (χ4n) is 1.78. The van der Waals surface area contributed by atoms with Gasteiger partial charge in [-0.3, -0.25) is 0 Å². The first-order valence-corrected chi connectivity index (χ1v) is 6.99. The van der Waals surface area contributed by atoms with Gasteiger partial charge in [-0.15, -0.1) is 11.3 Å². The molecular weight excluding hydrogens is 273 g/mol. The van der Waals surface area contributed by atoms with E-state index in [2.05, 4.69) is 11.4 Å². The average molecular weight is 286 g/mol. The van der Waals surface area contributed by atoms with Crippen molar-refractivity contribution in [2.24, 2.45) is 0 Å². The molecule has 1 N–H and O–H groups in total. The van der Waals surface area contributed by atoms with Crippen LogP contribution in [-0.4, -0.2) is 7.05 Å². The van der Waals surface area contributed by atoms with Crippen molar-refractivity contribution in [3.63, 3.8) is 0 Å². The summed E-state index contributed by atoms with van der Waals surface area (Å²) >= 11 is 13.8. The molecule has 1 aromatic heterocycles. The van der Waals surface area contributed by atoms with Gasteiger partial charge in [-0.1, -0.05) is 35.3 Å². The van der Waals surface area contributed by atoms with Crippen LogP contribution in [0.15, 0.2) is 35.7 Å². The SMILES string of the molecule is CNC(Cc1cccc(Cl)c1)c1sccc1Cl. The molecule has 1 unspecified atom stereocenters. The summed E-state index contributed by atoms with van der Waals surface area (Å²) < 4.78 is 0. The lowest BCUT2D eigenvalue weighted by molar-refractivity contribution is 0.602. The van der Waals surface area contributed by atoms with E-state index in [4.69, 9.17) is 23.2 Å². The van der Waals surface area contributed by atoms with E-state index >= 15 is 0 Å². The lowest BCUT2D eigenvalue weighted by Gasteiger charge is -2.15.